The van der Waals surface area contributed by atoms with Gasteiger partial charge in [0.05, 0.1) is 24.1 Å². The van der Waals surface area contributed by atoms with Crippen molar-refractivity contribution in [1.82, 2.24) is 0 Å². The summed E-state index contributed by atoms with van der Waals surface area (Å²) in [5, 5.41) is 17.8. The summed E-state index contributed by atoms with van der Waals surface area (Å²) in [5.41, 5.74) is 4.07. The number of rotatable bonds is 5. The van der Waals surface area contributed by atoms with Crippen LogP contribution in [0.3, 0.4) is 0 Å². The topological polar surface area (TPSA) is 50.8 Å². The van der Waals surface area contributed by atoms with E-state index >= 15 is 0 Å². The molecule has 0 amide bonds. The van der Waals surface area contributed by atoms with Gasteiger partial charge in [-0.3, -0.25) is 0 Å². The SMILES string of the molecule is Cc1cc(C#N)ccc1CN(CCC#N)c1ccccc1. The van der Waals surface area contributed by atoms with Crippen LogP contribution in [0, 0.1) is 29.6 Å². The number of hydrogen-bond acceptors (Lipinski definition) is 3. The number of anilines is 1. The summed E-state index contributed by atoms with van der Waals surface area (Å²) < 4.78 is 0. The van der Waals surface area contributed by atoms with Crippen molar-refractivity contribution in [2.75, 3.05) is 11.4 Å². The number of nitrogens with zero attached hydrogens (tertiary/aromatic N) is 3. The molecule has 0 aliphatic heterocycles. The largest absolute Gasteiger partial charge is 0.366 e. The van der Waals surface area contributed by atoms with E-state index < -0.39 is 0 Å². The van der Waals surface area contributed by atoms with Gasteiger partial charge < -0.3 is 4.90 Å². The number of hydrogen-bond donors (Lipinski definition) is 0. The van der Waals surface area contributed by atoms with Gasteiger partial charge in [-0.15, -0.1) is 0 Å². The van der Waals surface area contributed by atoms with Crippen molar-refractivity contribution in [3.63, 3.8) is 0 Å². The molecular formula is C18H17N3. The van der Waals surface area contributed by atoms with Gasteiger partial charge in [-0.2, -0.15) is 10.5 Å². The predicted molar refractivity (Wildman–Crippen MR) is 83.6 cm³/mol. The third-order valence-corrected chi connectivity index (χ3v) is 3.45. The molecule has 2 aromatic rings. The Morgan fingerprint density at radius 1 is 1.05 bits per heavy atom. The van der Waals surface area contributed by atoms with Crippen LogP contribution >= 0.6 is 0 Å². The molecule has 0 radical (unpaired) electrons. The van der Waals surface area contributed by atoms with Gasteiger partial charge in [0.2, 0.25) is 0 Å². The minimum Gasteiger partial charge on any atom is -0.366 e. The van der Waals surface area contributed by atoms with Crippen molar-refractivity contribution in [3.05, 3.63) is 65.2 Å². The van der Waals surface area contributed by atoms with Gasteiger partial charge in [-0.1, -0.05) is 24.3 Å². The standard InChI is InChI=1S/C18H17N3/c1-15-12-16(13-20)8-9-17(15)14-21(11-5-10-19)18-6-3-2-4-7-18/h2-4,6-9,12H,5,11,14H2,1H3. The summed E-state index contributed by atoms with van der Waals surface area (Å²) >= 11 is 0. The molecule has 0 unspecified atom stereocenters. The van der Waals surface area contributed by atoms with Crippen LogP contribution in [0.2, 0.25) is 0 Å². The maximum Gasteiger partial charge on any atom is 0.0991 e. The van der Waals surface area contributed by atoms with Crippen molar-refractivity contribution in [1.29, 1.82) is 10.5 Å². The molecule has 0 fully saturated rings. The maximum atomic E-state index is 8.93. The fourth-order valence-electron chi connectivity index (χ4n) is 2.27. The number of aryl methyl sites for hydroxylation is 1. The maximum absolute atomic E-state index is 8.93. The molecule has 0 atom stereocenters. The summed E-state index contributed by atoms with van der Waals surface area (Å²) in [5.74, 6) is 0. The summed E-state index contributed by atoms with van der Waals surface area (Å²) in [6.45, 7) is 3.45. The molecule has 104 valence electrons. The number of nitriles is 2. The highest BCUT2D eigenvalue weighted by atomic mass is 15.1. The second kappa shape index (κ2) is 7.12. The van der Waals surface area contributed by atoms with Crippen LogP contribution in [0.15, 0.2) is 48.5 Å². The molecule has 0 bridgehead atoms. The zero-order valence-corrected chi connectivity index (χ0v) is 12.1. The Hall–Kier alpha value is -2.78. The van der Waals surface area contributed by atoms with Crippen LogP contribution in [0.5, 0.6) is 0 Å². The molecule has 2 aromatic carbocycles. The smallest absolute Gasteiger partial charge is 0.0991 e. The van der Waals surface area contributed by atoms with E-state index in [9.17, 15) is 0 Å². The van der Waals surface area contributed by atoms with Gasteiger partial charge in [0.25, 0.3) is 0 Å². The summed E-state index contributed by atoms with van der Waals surface area (Å²) in [7, 11) is 0. The summed E-state index contributed by atoms with van der Waals surface area (Å²) in [6.07, 6.45) is 0.490. The lowest BCUT2D eigenvalue weighted by molar-refractivity contribution is 0.794. The van der Waals surface area contributed by atoms with Crippen molar-refractivity contribution < 1.29 is 0 Å². The number of para-hydroxylation sites is 1. The van der Waals surface area contributed by atoms with E-state index in [1.165, 1.54) is 5.56 Å². The van der Waals surface area contributed by atoms with E-state index in [4.69, 9.17) is 10.5 Å². The molecule has 0 aliphatic carbocycles. The lowest BCUT2D eigenvalue weighted by atomic mass is 10.0. The van der Waals surface area contributed by atoms with Gasteiger partial charge >= 0.3 is 0 Å². The first-order valence-electron chi connectivity index (χ1n) is 6.91. The van der Waals surface area contributed by atoms with Crippen LogP contribution in [0.25, 0.3) is 0 Å². The second-order valence-corrected chi connectivity index (χ2v) is 4.92. The Kier molecular flexibility index (Phi) is 4.96. The highest BCUT2D eigenvalue weighted by molar-refractivity contribution is 5.48. The van der Waals surface area contributed by atoms with Gasteiger partial charge in [0, 0.05) is 18.8 Å². The fraction of sp³-hybridized carbons (Fsp3) is 0.222. The van der Waals surface area contributed by atoms with E-state index in [1.54, 1.807) is 0 Å². The van der Waals surface area contributed by atoms with Crippen molar-refractivity contribution in [3.8, 4) is 12.1 Å². The molecular weight excluding hydrogens is 258 g/mol. The molecule has 0 aromatic heterocycles. The molecule has 0 saturated heterocycles. The van der Waals surface area contributed by atoms with Crippen LogP contribution < -0.4 is 4.90 Å². The Balaban J connectivity index is 2.23. The molecule has 0 spiro atoms. The normalized spacial score (nSPS) is 9.67. The van der Waals surface area contributed by atoms with Crippen molar-refractivity contribution in [2.45, 2.75) is 19.9 Å². The Morgan fingerprint density at radius 2 is 1.81 bits per heavy atom. The van der Waals surface area contributed by atoms with Crippen LogP contribution in [-0.2, 0) is 6.54 Å². The van der Waals surface area contributed by atoms with E-state index in [2.05, 4.69) is 29.2 Å². The summed E-state index contributed by atoms with van der Waals surface area (Å²) in [6, 6.07) is 20.2. The zero-order chi connectivity index (χ0) is 15.1. The average molecular weight is 275 g/mol. The fourth-order valence-corrected chi connectivity index (χ4v) is 2.27. The van der Waals surface area contributed by atoms with Crippen molar-refractivity contribution >= 4 is 5.69 Å². The minimum absolute atomic E-state index is 0.490. The van der Waals surface area contributed by atoms with Crippen LogP contribution in [-0.4, -0.2) is 6.54 Å². The van der Waals surface area contributed by atoms with E-state index in [0.29, 0.717) is 18.5 Å². The highest BCUT2D eigenvalue weighted by Gasteiger charge is 2.09. The Bertz CT molecular complexity index is 678. The molecule has 21 heavy (non-hydrogen) atoms. The van der Waals surface area contributed by atoms with Gasteiger partial charge in [0.15, 0.2) is 0 Å². The third-order valence-electron chi connectivity index (χ3n) is 3.45. The first-order valence-corrected chi connectivity index (χ1v) is 6.91. The predicted octanol–water partition coefficient (Wildman–Crippen LogP) is 3.79. The molecule has 0 heterocycles. The Morgan fingerprint density at radius 3 is 2.43 bits per heavy atom. The molecule has 3 nitrogen and oxygen atoms in total. The minimum atomic E-state index is 0.490. The van der Waals surface area contributed by atoms with E-state index in [-0.39, 0.29) is 0 Å². The average Bonchev–Trinajstić information content (AvgIpc) is 2.53. The first-order chi connectivity index (χ1) is 10.2. The van der Waals surface area contributed by atoms with E-state index in [1.807, 2.05) is 43.3 Å². The van der Waals surface area contributed by atoms with Gasteiger partial charge in [-0.05, 0) is 42.3 Å². The molecule has 3 heteroatoms. The molecule has 2 rings (SSSR count). The first kappa shape index (κ1) is 14.6. The summed E-state index contributed by atoms with van der Waals surface area (Å²) in [4.78, 5) is 2.19. The van der Waals surface area contributed by atoms with Gasteiger partial charge in [0.1, 0.15) is 0 Å². The highest BCUT2D eigenvalue weighted by Crippen LogP contribution is 2.19. The molecule has 0 aliphatic rings. The second-order valence-electron chi connectivity index (χ2n) is 4.92. The van der Waals surface area contributed by atoms with Crippen LogP contribution in [0.1, 0.15) is 23.1 Å². The molecule has 0 N–H and O–H groups in total. The quantitative estimate of drug-likeness (QED) is 0.834. The lowest BCUT2D eigenvalue weighted by Gasteiger charge is -2.24. The van der Waals surface area contributed by atoms with Crippen molar-refractivity contribution in [2.24, 2.45) is 0 Å². The Labute approximate surface area is 125 Å². The van der Waals surface area contributed by atoms with E-state index in [0.717, 1.165) is 17.8 Å². The third kappa shape index (κ3) is 3.84. The monoisotopic (exact) mass is 275 g/mol. The number of benzene rings is 2. The van der Waals surface area contributed by atoms with Crippen LogP contribution in [0.4, 0.5) is 5.69 Å². The lowest BCUT2D eigenvalue weighted by Crippen LogP contribution is -2.24. The zero-order valence-electron chi connectivity index (χ0n) is 12.1. The molecule has 0 saturated carbocycles. The van der Waals surface area contributed by atoms with Gasteiger partial charge in [-0.25, -0.2) is 0 Å².